The molecule has 4 nitrogen and oxygen atoms in total. The molecular weight excluding hydrogens is 282 g/mol. The second kappa shape index (κ2) is 6.73. The summed E-state index contributed by atoms with van der Waals surface area (Å²) < 4.78 is 2.02. The highest BCUT2D eigenvalue weighted by molar-refractivity contribution is 7.10. The molecule has 2 unspecified atom stereocenters. The Morgan fingerprint density at radius 2 is 2.24 bits per heavy atom. The average Bonchev–Trinajstić information content (AvgIpc) is 3.00. The van der Waals surface area contributed by atoms with Crippen molar-refractivity contribution in [2.45, 2.75) is 38.8 Å². The van der Waals surface area contributed by atoms with Crippen molar-refractivity contribution in [3.63, 3.8) is 0 Å². The van der Waals surface area contributed by atoms with Gasteiger partial charge < -0.3 is 15.0 Å². The van der Waals surface area contributed by atoms with Crippen LogP contribution in [0.4, 0.5) is 0 Å². The van der Waals surface area contributed by atoms with Gasteiger partial charge in [-0.2, -0.15) is 0 Å². The van der Waals surface area contributed by atoms with Crippen molar-refractivity contribution in [3.8, 4) is 0 Å². The number of aliphatic hydroxyl groups is 1. The fourth-order valence-electron chi connectivity index (χ4n) is 2.70. The van der Waals surface area contributed by atoms with Crippen LogP contribution in [0.2, 0.25) is 0 Å². The summed E-state index contributed by atoms with van der Waals surface area (Å²) in [7, 11) is 2.00. The van der Waals surface area contributed by atoms with Crippen LogP contribution in [0.5, 0.6) is 0 Å². The Bertz CT molecular complexity index is 546. The summed E-state index contributed by atoms with van der Waals surface area (Å²) >= 11 is 1.70. The molecule has 2 rings (SSSR count). The Kier molecular flexibility index (Phi) is 5.19. The van der Waals surface area contributed by atoms with Gasteiger partial charge in [0.2, 0.25) is 0 Å². The number of imidazole rings is 1. The minimum absolute atomic E-state index is 0.0173. The zero-order valence-corrected chi connectivity index (χ0v) is 14.0. The van der Waals surface area contributed by atoms with Gasteiger partial charge in [0.15, 0.2) is 0 Å². The lowest BCUT2D eigenvalue weighted by Crippen LogP contribution is -2.41. The molecule has 2 heterocycles. The molecule has 2 aromatic rings. The van der Waals surface area contributed by atoms with Crippen molar-refractivity contribution in [2.75, 3.05) is 6.54 Å². The molecule has 0 radical (unpaired) electrons. The number of aromatic nitrogens is 2. The third-order valence-corrected chi connectivity index (χ3v) is 4.42. The van der Waals surface area contributed by atoms with Crippen LogP contribution in [0.15, 0.2) is 29.9 Å². The van der Waals surface area contributed by atoms with Gasteiger partial charge in [0, 0.05) is 30.9 Å². The summed E-state index contributed by atoms with van der Waals surface area (Å²) in [6.07, 6.45) is 4.53. The lowest BCUT2D eigenvalue weighted by molar-refractivity contribution is 0.0367. The van der Waals surface area contributed by atoms with Crippen molar-refractivity contribution >= 4 is 11.3 Å². The summed E-state index contributed by atoms with van der Waals surface area (Å²) in [5.41, 5.74) is -0.713. The van der Waals surface area contributed by atoms with Gasteiger partial charge in [-0.25, -0.2) is 4.98 Å². The van der Waals surface area contributed by atoms with Gasteiger partial charge in [0.25, 0.3) is 0 Å². The molecule has 0 spiro atoms. The molecule has 0 bridgehead atoms. The largest absolute Gasteiger partial charge is 0.389 e. The van der Waals surface area contributed by atoms with Gasteiger partial charge >= 0.3 is 0 Å². The molecule has 21 heavy (non-hydrogen) atoms. The molecule has 2 aromatic heterocycles. The minimum atomic E-state index is -0.713. The normalized spacial score (nSPS) is 16.1. The standard InChI is InChI=1S/C16H25N3OS/c1-12(2)10-16(3,20)11-18-14(13-6-5-9-21-13)15-17-7-8-19(15)4/h5-9,12,14,18,20H,10-11H2,1-4H3. The van der Waals surface area contributed by atoms with E-state index in [0.717, 1.165) is 12.2 Å². The first-order chi connectivity index (χ1) is 9.89. The monoisotopic (exact) mass is 307 g/mol. The fourth-order valence-corrected chi connectivity index (χ4v) is 3.50. The second-order valence-electron chi connectivity index (χ2n) is 6.32. The summed E-state index contributed by atoms with van der Waals surface area (Å²) in [6.45, 7) is 6.69. The quantitative estimate of drug-likeness (QED) is 0.827. The van der Waals surface area contributed by atoms with E-state index in [4.69, 9.17) is 0 Å². The van der Waals surface area contributed by atoms with Gasteiger partial charge in [0.05, 0.1) is 5.60 Å². The molecule has 0 aromatic carbocycles. The van der Waals surface area contributed by atoms with Crippen LogP contribution in [0.3, 0.4) is 0 Å². The fraction of sp³-hybridized carbons (Fsp3) is 0.562. The number of hydrogen-bond acceptors (Lipinski definition) is 4. The van der Waals surface area contributed by atoms with E-state index in [1.807, 2.05) is 37.0 Å². The van der Waals surface area contributed by atoms with E-state index in [0.29, 0.717) is 12.5 Å². The molecule has 0 saturated heterocycles. The van der Waals surface area contributed by atoms with Gasteiger partial charge in [-0.05, 0) is 30.7 Å². The Morgan fingerprint density at radius 3 is 2.76 bits per heavy atom. The van der Waals surface area contributed by atoms with Crippen molar-refractivity contribution < 1.29 is 5.11 Å². The maximum atomic E-state index is 10.5. The molecular formula is C16H25N3OS. The molecule has 0 amide bonds. The second-order valence-corrected chi connectivity index (χ2v) is 7.30. The predicted octanol–water partition coefficient (Wildman–Crippen LogP) is 2.96. The third kappa shape index (κ3) is 4.40. The Labute approximate surface area is 130 Å². The number of nitrogens with zero attached hydrogens (tertiary/aromatic N) is 2. The molecule has 0 fully saturated rings. The highest BCUT2D eigenvalue weighted by atomic mass is 32.1. The van der Waals surface area contributed by atoms with Gasteiger partial charge in [0.1, 0.15) is 11.9 Å². The Hall–Kier alpha value is -1.17. The van der Waals surface area contributed by atoms with E-state index in [-0.39, 0.29) is 6.04 Å². The van der Waals surface area contributed by atoms with Crippen molar-refractivity contribution in [1.29, 1.82) is 0 Å². The number of hydrogen-bond donors (Lipinski definition) is 2. The highest BCUT2D eigenvalue weighted by Crippen LogP contribution is 2.26. The van der Waals surface area contributed by atoms with Gasteiger partial charge in [-0.1, -0.05) is 19.9 Å². The van der Waals surface area contributed by atoms with Crippen LogP contribution >= 0.6 is 11.3 Å². The predicted molar refractivity (Wildman–Crippen MR) is 87.5 cm³/mol. The molecule has 116 valence electrons. The minimum Gasteiger partial charge on any atom is -0.389 e. The highest BCUT2D eigenvalue weighted by Gasteiger charge is 2.26. The molecule has 0 aliphatic heterocycles. The van der Waals surface area contributed by atoms with Crippen LogP contribution in [0.25, 0.3) is 0 Å². The van der Waals surface area contributed by atoms with E-state index in [2.05, 4.69) is 35.6 Å². The maximum absolute atomic E-state index is 10.5. The van der Waals surface area contributed by atoms with Crippen LogP contribution in [0, 0.1) is 5.92 Å². The number of rotatable bonds is 7. The zero-order valence-electron chi connectivity index (χ0n) is 13.2. The molecule has 5 heteroatoms. The summed E-state index contributed by atoms with van der Waals surface area (Å²) in [6, 6.07) is 4.17. The maximum Gasteiger partial charge on any atom is 0.131 e. The van der Waals surface area contributed by atoms with E-state index >= 15 is 0 Å². The molecule has 0 aliphatic carbocycles. The average molecular weight is 307 g/mol. The van der Waals surface area contributed by atoms with Crippen molar-refractivity contribution in [1.82, 2.24) is 14.9 Å². The van der Waals surface area contributed by atoms with Gasteiger partial charge in [-0.3, -0.25) is 0 Å². The number of thiophene rings is 1. The lowest BCUT2D eigenvalue weighted by atomic mass is 9.94. The van der Waals surface area contributed by atoms with Crippen LogP contribution in [-0.4, -0.2) is 26.8 Å². The SMILES string of the molecule is CC(C)CC(C)(O)CNC(c1cccs1)c1nccn1C. The molecule has 0 aliphatic rings. The first kappa shape index (κ1) is 16.2. The van der Waals surface area contributed by atoms with E-state index in [1.54, 1.807) is 11.3 Å². The summed E-state index contributed by atoms with van der Waals surface area (Å²) in [5, 5.41) is 16.1. The van der Waals surface area contributed by atoms with Crippen LogP contribution in [0.1, 0.15) is 43.9 Å². The summed E-state index contributed by atoms with van der Waals surface area (Å²) in [4.78, 5) is 5.67. The van der Waals surface area contributed by atoms with Gasteiger partial charge in [-0.15, -0.1) is 11.3 Å². The summed E-state index contributed by atoms with van der Waals surface area (Å²) in [5.74, 6) is 1.44. The Morgan fingerprint density at radius 1 is 1.48 bits per heavy atom. The van der Waals surface area contributed by atoms with Crippen molar-refractivity contribution in [2.24, 2.45) is 13.0 Å². The van der Waals surface area contributed by atoms with Crippen molar-refractivity contribution in [3.05, 3.63) is 40.6 Å². The van der Waals surface area contributed by atoms with Crippen LogP contribution in [-0.2, 0) is 7.05 Å². The topological polar surface area (TPSA) is 50.1 Å². The molecule has 0 saturated carbocycles. The third-order valence-electron chi connectivity index (χ3n) is 3.48. The zero-order chi connectivity index (χ0) is 15.5. The van der Waals surface area contributed by atoms with E-state index < -0.39 is 5.60 Å². The lowest BCUT2D eigenvalue weighted by Gasteiger charge is -2.28. The molecule has 2 atom stereocenters. The smallest absolute Gasteiger partial charge is 0.131 e. The Balaban J connectivity index is 2.13. The first-order valence-electron chi connectivity index (χ1n) is 7.35. The van der Waals surface area contributed by atoms with Crippen LogP contribution < -0.4 is 5.32 Å². The first-order valence-corrected chi connectivity index (χ1v) is 8.23. The van der Waals surface area contributed by atoms with E-state index in [9.17, 15) is 5.11 Å². The van der Waals surface area contributed by atoms with E-state index in [1.165, 1.54) is 4.88 Å². The number of aryl methyl sites for hydroxylation is 1. The number of nitrogens with one attached hydrogen (secondary N) is 1. The molecule has 2 N–H and O–H groups in total.